The highest BCUT2D eigenvalue weighted by Gasteiger charge is 2.07. The van der Waals surface area contributed by atoms with Crippen LogP contribution in [0.5, 0.6) is 0 Å². The summed E-state index contributed by atoms with van der Waals surface area (Å²) in [6.07, 6.45) is 1.81. The predicted octanol–water partition coefficient (Wildman–Crippen LogP) is 2.63. The van der Waals surface area contributed by atoms with Gasteiger partial charge in [0.05, 0.1) is 39.6 Å². The van der Waals surface area contributed by atoms with Crippen molar-refractivity contribution in [3.05, 3.63) is 0 Å². The van der Waals surface area contributed by atoms with Gasteiger partial charge in [0.25, 0.3) is 0 Å². The quantitative estimate of drug-likeness (QED) is 0.293. The monoisotopic (exact) mass is 420 g/mol. The van der Waals surface area contributed by atoms with Crippen LogP contribution in [0.25, 0.3) is 0 Å². The number of hydrogen-bond acceptors (Lipinski definition) is 7. The SMILES string of the molecule is CC(C)(C)NCCOCCOCCCOCCCOCCOCCNC(C)(C)C. The molecule has 0 aromatic rings. The molecule has 29 heavy (non-hydrogen) atoms. The maximum Gasteiger partial charge on any atom is 0.0701 e. The molecule has 7 nitrogen and oxygen atoms in total. The van der Waals surface area contributed by atoms with E-state index in [4.69, 9.17) is 23.7 Å². The maximum atomic E-state index is 5.58. The number of rotatable bonds is 20. The van der Waals surface area contributed by atoms with Gasteiger partial charge in [-0.05, 0) is 54.4 Å². The van der Waals surface area contributed by atoms with Gasteiger partial charge in [0, 0.05) is 50.6 Å². The molecular weight excluding hydrogens is 372 g/mol. The zero-order chi connectivity index (χ0) is 21.8. The van der Waals surface area contributed by atoms with Gasteiger partial charge in [0.2, 0.25) is 0 Å². The number of hydrogen-bond donors (Lipinski definition) is 2. The molecule has 0 aliphatic rings. The fourth-order valence-electron chi connectivity index (χ4n) is 2.27. The molecule has 2 N–H and O–H groups in total. The molecule has 0 unspecified atom stereocenters. The van der Waals surface area contributed by atoms with E-state index >= 15 is 0 Å². The summed E-state index contributed by atoms with van der Waals surface area (Å²) in [6, 6.07) is 0. The molecular formula is C22H48N2O5. The van der Waals surface area contributed by atoms with Crippen LogP contribution in [0, 0.1) is 0 Å². The molecule has 0 aromatic carbocycles. The molecule has 0 atom stereocenters. The van der Waals surface area contributed by atoms with Gasteiger partial charge in [-0.15, -0.1) is 0 Å². The van der Waals surface area contributed by atoms with Crippen molar-refractivity contribution in [1.29, 1.82) is 0 Å². The molecule has 0 fully saturated rings. The molecule has 0 saturated heterocycles. The van der Waals surface area contributed by atoms with Crippen LogP contribution in [-0.2, 0) is 23.7 Å². The summed E-state index contributed by atoms with van der Waals surface area (Å²) in [5.74, 6) is 0. The van der Waals surface area contributed by atoms with Crippen molar-refractivity contribution < 1.29 is 23.7 Å². The minimum Gasteiger partial charge on any atom is -0.381 e. The Bertz CT molecular complexity index is 311. The van der Waals surface area contributed by atoms with Crippen molar-refractivity contribution in [3.63, 3.8) is 0 Å². The molecule has 0 aliphatic carbocycles. The zero-order valence-electron chi connectivity index (χ0n) is 19.9. The molecule has 0 aromatic heterocycles. The number of nitrogens with one attached hydrogen (secondary N) is 2. The van der Waals surface area contributed by atoms with Crippen molar-refractivity contribution in [1.82, 2.24) is 10.6 Å². The first kappa shape index (κ1) is 28.7. The summed E-state index contributed by atoms with van der Waals surface area (Å²) in [5, 5.41) is 6.77. The van der Waals surface area contributed by atoms with Gasteiger partial charge >= 0.3 is 0 Å². The Morgan fingerprint density at radius 2 is 0.690 bits per heavy atom. The second-order valence-electron chi connectivity index (χ2n) is 9.12. The van der Waals surface area contributed by atoms with Crippen LogP contribution in [0.15, 0.2) is 0 Å². The summed E-state index contributed by atoms with van der Waals surface area (Å²) in [4.78, 5) is 0. The third-order valence-electron chi connectivity index (χ3n) is 3.70. The summed E-state index contributed by atoms with van der Waals surface area (Å²) >= 11 is 0. The normalized spacial score (nSPS) is 12.6. The van der Waals surface area contributed by atoms with Gasteiger partial charge in [-0.25, -0.2) is 0 Å². The molecule has 0 bridgehead atoms. The van der Waals surface area contributed by atoms with E-state index in [1.165, 1.54) is 0 Å². The average Bonchev–Trinajstić information content (AvgIpc) is 2.61. The summed E-state index contributed by atoms with van der Waals surface area (Å²) in [6.45, 7) is 21.5. The second kappa shape index (κ2) is 18.5. The second-order valence-corrected chi connectivity index (χ2v) is 9.12. The van der Waals surface area contributed by atoms with Crippen molar-refractivity contribution in [2.75, 3.05) is 79.2 Å². The van der Waals surface area contributed by atoms with Gasteiger partial charge < -0.3 is 34.3 Å². The van der Waals surface area contributed by atoms with Crippen LogP contribution in [0.1, 0.15) is 54.4 Å². The van der Waals surface area contributed by atoms with E-state index in [1.807, 2.05) is 0 Å². The highest BCUT2D eigenvalue weighted by Crippen LogP contribution is 1.97. The van der Waals surface area contributed by atoms with Gasteiger partial charge in [0.1, 0.15) is 0 Å². The molecule has 0 radical (unpaired) electrons. The summed E-state index contributed by atoms with van der Waals surface area (Å²) < 4.78 is 27.7. The van der Waals surface area contributed by atoms with Crippen LogP contribution in [0.4, 0.5) is 0 Å². The smallest absolute Gasteiger partial charge is 0.0701 e. The van der Waals surface area contributed by atoms with E-state index in [1.54, 1.807) is 0 Å². The Balaban J connectivity index is 3.07. The zero-order valence-corrected chi connectivity index (χ0v) is 19.9. The van der Waals surface area contributed by atoms with E-state index in [9.17, 15) is 0 Å². The lowest BCUT2D eigenvalue weighted by atomic mass is 10.1. The molecule has 0 aliphatic heterocycles. The Kier molecular flexibility index (Phi) is 18.3. The minimum absolute atomic E-state index is 0.143. The maximum absolute atomic E-state index is 5.58. The molecule has 0 heterocycles. The molecule has 176 valence electrons. The molecule has 0 saturated carbocycles. The van der Waals surface area contributed by atoms with Crippen molar-refractivity contribution in [2.45, 2.75) is 65.5 Å². The van der Waals surface area contributed by atoms with Gasteiger partial charge in [0.15, 0.2) is 0 Å². The van der Waals surface area contributed by atoms with E-state index in [-0.39, 0.29) is 11.1 Å². The molecule has 7 heteroatoms. The predicted molar refractivity (Wildman–Crippen MR) is 119 cm³/mol. The summed E-state index contributed by atoms with van der Waals surface area (Å²) in [5.41, 5.74) is 0.286. The standard InChI is InChI=1S/C22H48N2O5/c1-21(2,3)23-9-15-28-19-17-26-13-7-11-25-12-8-14-27-18-20-29-16-10-24-22(4,5)6/h23-24H,7-20H2,1-6H3. The van der Waals surface area contributed by atoms with Gasteiger partial charge in [-0.2, -0.15) is 0 Å². The van der Waals surface area contributed by atoms with Crippen LogP contribution in [0.2, 0.25) is 0 Å². The Hall–Kier alpha value is -0.280. The lowest BCUT2D eigenvalue weighted by Crippen LogP contribution is -2.38. The van der Waals surface area contributed by atoms with Crippen LogP contribution in [-0.4, -0.2) is 90.2 Å². The minimum atomic E-state index is 0.143. The molecule has 0 rings (SSSR count). The fourth-order valence-corrected chi connectivity index (χ4v) is 2.27. The van der Waals surface area contributed by atoms with Gasteiger partial charge in [-0.1, -0.05) is 0 Å². The highest BCUT2D eigenvalue weighted by molar-refractivity contribution is 4.69. The van der Waals surface area contributed by atoms with Crippen LogP contribution >= 0.6 is 0 Å². The van der Waals surface area contributed by atoms with Crippen molar-refractivity contribution in [2.24, 2.45) is 0 Å². The van der Waals surface area contributed by atoms with E-state index in [2.05, 4.69) is 52.2 Å². The van der Waals surface area contributed by atoms with Crippen LogP contribution in [0.3, 0.4) is 0 Å². The first-order chi connectivity index (χ1) is 13.7. The third kappa shape index (κ3) is 27.7. The first-order valence-electron chi connectivity index (χ1n) is 11.1. The third-order valence-corrected chi connectivity index (χ3v) is 3.70. The molecule has 0 amide bonds. The number of ether oxygens (including phenoxy) is 5. The first-order valence-corrected chi connectivity index (χ1v) is 11.1. The Morgan fingerprint density at radius 1 is 0.414 bits per heavy atom. The lowest BCUT2D eigenvalue weighted by molar-refractivity contribution is 0.0251. The average molecular weight is 421 g/mol. The van der Waals surface area contributed by atoms with E-state index in [0.717, 1.165) is 39.1 Å². The van der Waals surface area contributed by atoms with E-state index < -0.39 is 0 Å². The Morgan fingerprint density at radius 3 is 1.00 bits per heavy atom. The lowest BCUT2D eigenvalue weighted by Gasteiger charge is -2.20. The van der Waals surface area contributed by atoms with Crippen molar-refractivity contribution in [3.8, 4) is 0 Å². The Labute approximate surface area is 179 Å². The van der Waals surface area contributed by atoms with Crippen molar-refractivity contribution >= 4 is 0 Å². The van der Waals surface area contributed by atoms with Crippen LogP contribution < -0.4 is 10.6 Å². The molecule has 0 spiro atoms. The van der Waals surface area contributed by atoms with E-state index in [0.29, 0.717) is 52.9 Å². The van der Waals surface area contributed by atoms with Gasteiger partial charge in [-0.3, -0.25) is 0 Å². The topological polar surface area (TPSA) is 70.2 Å². The fraction of sp³-hybridized carbons (Fsp3) is 1.00. The largest absolute Gasteiger partial charge is 0.381 e. The highest BCUT2D eigenvalue weighted by atomic mass is 16.5. The summed E-state index contributed by atoms with van der Waals surface area (Å²) in [7, 11) is 0.